The molecule has 0 aromatic heterocycles. The lowest BCUT2D eigenvalue weighted by Gasteiger charge is -2.28. The van der Waals surface area contributed by atoms with E-state index in [1.807, 2.05) is 12.1 Å². The number of rotatable bonds is 5. The van der Waals surface area contributed by atoms with Gasteiger partial charge in [0.25, 0.3) is 0 Å². The van der Waals surface area contributed by atoms with E-state index < -0.39 is 11.6 Å². The molecule has 0 unspecified atom stereocenters. The van der Waals surface area contributed by atoms with Crippen LogP contribution in [-0.4, -0.2) is 16.7 Å². The highest BCUT2D eigenvalue weighted by molar-refractivity contribution is 5.69. The molecule has 0 spiro atoms. The molecule has 5 nitrogen and oxygen atoms in total. The van der Waals surface area contributed by atoms with Gasteiger partial charge >= 0.3 is 5.97 Å². The summed E-state index contributed by atoms with van der Waals surface area (Å²) in [5.41, 5.74) is 1.77. The Labute approximate surface area is 157 Å². The molecule has 0 bridgehead atoms. The van der Waals surface area contributed by atoms with Gasteiger partial charge in [0.05, 0.1) is 12.0 Å². The first-order valence-corrected chi connectivity index (χ1v) is 9.03. The minimum Gasteiger partial charge on any atom is -0.507 e. The molecule has 0 saturated heterocycles. The van der Waals surface area contributed by atoms with Crippen LogP contribution in [0.1, 0.15) is 85.4 Å². The summed E-state index contributed by atoms with van der Waals surface area (Å²) in [7, 11) is 0. The normalized spacial score (nSPS) is 13.0. The Bertz CT molecular complexity index is 592. The smallest absolute Gasteiger partial charge is 0.345 e. The van der Waals surface area contributed by atoms with Crippen LogP contribution in [0.2, 0.25) is 0 Å². The van der Waals surface area contributed by atoms with E-state index in [1.54, 1.807) is 20.8 Å². The van der Waals surface area contributed by atoms with Gasteiger partial charge in [0.15, 0.2) is 0 Å². The molecule has 5 heteroatoms. The third-order valence-electron chi connectivity index (χ3n) is 3.81. The molecule has 0 radical (unpaired) electrons. The molecular weight excluding hydrogens is 332 g/mol. The van der Waals surface area contributed by atoms with Gasteiger partial charge in [-0.25, -0.2) is 4.79 Å². The van der Waals surface area contributed by atoms with Crippen LogP contribution in [0.4, 0.5) is 0 Å². The zero-order chi connectivity index (χ0) is 20.3. The second kappa shape index (κ2) is 7.97. The first-order chi connectivity index (χ1) is 11.6. The zero-order valence-electron chi connectivity index (χ0n) is 17.6. The predicted molar refractivity (Wildman–Crippen MR) is 102 cm³/mol. The van der Waals surface area contributed by atoms with Crippen molar-refractivity contribution in [1.82, 2.24) is 0 Å². The van der Waals surface area contributed by atoms with E-state index in [4.69, 9.17) is 4.89 Å². The van der Waals surface area contributed by atoms with Crippen LogP contribution in [0.3, 0.4) is 0 Å². The number of aryl methyl sites for hydroxylation is 1. The third-order valence-corrected chi connectivity index (χ3v) is 3.81. The number of phenolic OH excluding ortho intramolecular Hbond substituents is 1. The molecule has 0 amide bonds. The summed E-state index contributed by atoms with van der Waals surface area (Å²) in [5.74, 6) is -0.171. The van der Waals surface area contributed by atoms with Gasteiger partial charge in [-0.3, -0.25) is 4.89 Å². The summed E-state index contributed by atoms with van der Waals surface area (Å²) in [4.78, 5) is 21.4. The van der Waals surface area contributed by atoms with Crippen molar-refractivity contribution < 1.29 is 24.7 Å². The second-order valence-corrected chi connectivity index (χ2v) is 9.76. The van der Waals surface area contributed by atoms with E-state index in [0.29, 0.717) is 12.2 Å². The summed E-state index contributed by atoms with van der Waals surface area (Å²) >= 11 is 0. The molecule has 1 aromatic carbocycles. The molecule has 1 aromatic rings. The van der Waals surface area contributed by atoms with E-state index in [9.17, 15) is 9.90 Å². The number of carbonyl (C=O) groups excluding carboxylic acids is 1. The van der Waals surface area contributed by atoms with Crippen LogP contribution in [0.25, 0.3) is 0 Å². The molecule has 26 heavy (non-hydrogen) atoms. The molecule has 0 fully saturated rings. The molecule has 1 rings (SSSR count). The summed E-state index contributed by atoms with van der Waals surface area (Å²) in [6.07, 6.45) is 0.648. The SMILES string of the molecule is CC(C)(C)OOOC(=O)CCc1cc(C(C)(C)C)c(O)c(C(C)(C)C)c1. The van der Waals surface area contributed by atoms with Gasteiger partial charge in [-0.2, -0.15) is 4.89 Å². The Morgan fingerprint density at radius 3 is 1.77 bits per heavy atom. The fraction of sp³-hybridized carbons (Fsp3) is 0.667. The van der Waals surface area contributed by atoms with Crippen LogP contribution < -0.4 is 0 Å². The van der Waals surface area contributed by atoms with E-state index in [0.717, 1.165) is 16.7 Å². The lowest BCUT2D eigenvalue weighted by Crippen LogP contribution is -2.21. The first kappa shape index (κ1) is 22.5. The molecule has 0 aliphatic carbocycles. The average molecular weight is 366 g/mol. The fourth-order valence-corrected chi connectivity index (χ4v) is 2.43. The molecule has 0 aliphatic rings. The Morgan fingerprint density at radius 2 is 1.38 bits per heavy atom. The minimum atomic E-state index is -0.555. The highest BCUT2D eigenvalue weighted by atomic mass is 17.5. The number of carbonyl (C=O) groups is 1. The van der Waals surface area contributed by atoms with E-state index in [2.05, 4.69) is 51.5 Å². The Morgan fingerprint density at radius 1 is 0.923 bits per heavy atom. The van der Waals surface area contributed by atoms with Gasteiger partial charge in [-0.05, 0) is 59.8 Å². The lowest BCUT2D eigenvalue weighted by molar-refractivity contribution is -0.514. The van der Waals surface area contributed by atoms with Crippen molar-refractivity contribution in [2.75, 3.05) is 0 Å². The third kappa shape index (κ3) is 6.96. The standard InChI is InChI=1S/C21H34O5/c1-19(2,3)15-12-14(13-16(18(15)23)20(4,5)6)10-11-17(22)24-26-25-21(7,8)9/h12-13,23H,10-11H2,1-9H3. The van der Waals surface area contributed by atoms with Crippen molar-refractivity contribution in [3.05, 3.63) is 28.8 Å². The Kier molecular flexibility index (Phi) is 6.88. The summed E-state index contributed by atoms with van der Waals surface area (Å²) in [6.45, 7) is 17.7. The van der Waals surface area contributed by atoms with Gasteiger partial charge in [0.2, 0.25) is 0 Å². The Hall–Kier alpha value is -1.59. The maximum absolute atomic E-state index is 11.9. The number of hydrogen-bond acceptors (Lipinski definition) is 5. The van der Waals surface area contributed by atoms with Gasteiger partial charge in [-0.15, -0.1) is 0 Å². The van der Waals surface area contributed by atoms with Crippen LogP contribution in [0.15, 0.2) is 12.1 Å². The van der Waals surface area contributed by atoms with Crippen molar-refractivity contribution >= 4 is 5.97 Å². The fourth-order valence-electron chi connectivity index (χ4n) is 2.43. The number of hydrogen-bond donors (Lipinski definition) is 1. The minimum absolute atomic E-state index is 0.158. The number of phenols is 1. The van der Waals surface area contributed by atoms with Crippen molar-refractivity contribution in [2.24, 2.45) is 0 Å². The summed E-state index contributed by atoms with van der Waals surface area (Å²) < 4.78 is 0. The van der Waals surface area contributed by atoms with E-state index >= 15 is 0 Å². The molecular formula is C21H34O5. The van der Waals surface area contributed by atoms with Crippen LogP contribution in [0, 0.1) is 0 Å². The van der Waals surface area contributed by atoms with Gasteiger partial charge in [-0.1, -0.05) is 53.7 Å². The highest BCUT2D eigenvalue weighted by Crippen LogP contribution is 2.39. The first-order valence-electron chi connectivity index (χ1n) is 9.03. The number of benzene rings is 1. The van der Waals surface area contributed by atoms with Crippen molar-refractivity contribution in [1.29, 1.82) is 0 Å². The molecule has 0 aliphatic heterocycles. The van der Waals surface area contributed by atoms with Crippen LogP contribution in [-0.2, 0) is 36.9 Å². The maximum Gasteiger partial charge on any atom is 0.345 e. The zero-order valence-corrected chi connectivity index (χ0v) is 17.6. The average Bonchev–Trinajstić information content (AvgIpc) is 2.42. The topological polar surface area (TPSA) is 65.0 Å². The van der Waals surface area contributed by atoms with Crippen LogP contribution >= 0.6 is 0 Å². The van der Waals surface area contributed by atoms with Gasteiger partial charge < -0.3 is 5.11 Å². The highest BCUT2D eigenvalue weighted by Gasteiger charge is 2.26. The van der Waals surface area contributed by atoms with Crippen molar-refractivity contribution in [3.8, 4) is 5.75 Å². The molecule has 1 N–H and O–H groups in total. The van der Waals surface area contributed by atoms with Gasteiger partial charge in [0, 0.05) is 0 Å². The second-order valence-electron chi connectivity index (χ2n) is 9.76. The Balaban J connectivity index is 2.91. The maximum atomic E-state index is 11.9. The van der Waals surface area contributed by atoms with Crippen LogP contribution in [0.5, 0.6) is 5.75 Å². The van der Waals surface area contributed by atoms with Gasteiger partial charge in [0.1, 0.15) is 5.75 Å². The predicted octanol–water partition coefficient (Wildman–Crippen LogP) is 5.12. The summed E-state index contributed by atoms with van der Waals surface area (Å²) in [5, 5.41) is 15.3. The van der Waals surface area contributed by atoms with E-state index in [-0.39, 0.29) is 17.3 Å². The molecule has 148 valence electrons. The summed E-state index contributed by atoms with van der Waals surface area (Å²) in [6, 6.07) is 3.93. The largest absolute Gasteiger partial charge is 0.507 e. The molecule has 0 saturated carbocycles. The number of aromatic hydroxyl groups is 1. The quantitative estimate of drug-likeness (QED) is 0.578. The monoisotopic (exact) mass is 366 g/mol. The molecule has 0 atom stereocenters. The van der Waals surface area contributed by atoms with Crippen molar-refractivity contribution in [3.63, 3.8) is 0 Å². The lowest BCUT2D eigenvalue weighted by atomic mass is 9.78. The van der Waals surface area contributed by atoms with E-state index in [1.165, 1.54) is 0 Å². The van der Waals surface area contributed by atoms with Crippen molar-refractivity contribution in [2.45, 2.75) is 91.6 Å². The molecule has 0 heterocycles.